The van der Waals surface area contributed by atoms with E-state index in [2.05, 4.69) is 32.2 Å². The highest BCUT2D eigenvalue weighted by Crippen LogP contribution is 2.46. The quantitative estimate of drug-likeness (QED) is 0.532. The molecule has 0 aliphatic carbocycles. The minimum Gasteiger partial charge on any atom is -0.347 e. The number of benzene rings is 2. The lowest BCUT2D eigenvalue weighted by Gasteiger charge is -2.24. The summed E-state index contributed by atoms with van der Waals surface area (Å²) in [5.41, 5.74) is 3.39. The Balaban J connectivity index is 1.54. The van der Waals surface area contributed by atoms with Gasteiger partial charge in [-0.25, -0.2) is 4.79 Å². The van der Waals surface area contributed by atoms with Crippen molar-refractivity contribution in [2.24, 2.45) is 0 Å². The fourth-order valence-corrected chi connectivity index (χ4v) is 4.94. The first-order valence-electron chi connectivity index (χ1n) is 11.4. The highest BCUT2D eigenvalue weighted by Gasteiger charge is 2.49. The molecule has 33 heavy (non-hydrogen) atoms. The van der Waals surface area contributed by atoms with E-state index in [1.54, 1.807) is 13.0 Å². The van der Waals surface area contributed by atoms with Crippen LogP contribution in [0.15, 0.2) is 60.3 Å². The average molecular weight is 446 g/mol. The number of para-hydroxylation sites is 1. The number of ketones is 1. The van der Waals surface area contributed by atoms with Crippen LogP contribution >= 0.6 is 0 Å². The van der Waals surface area contributed by atoms with Crippen LogP contribution in [0.4, 0.5) is 10.5 Å². The minimum absolute atomic E-state index is 0.288. The lowest BCUT2D eigenvalue weighted by molar-refractivity contribution is -0.133. The number of nitrogens with one attached hydrogen (secondary N) is 1. The van der Waals surface area contributed by atoms with Crippen molar-refractivity contribution in [1.29, 1.82) is 0 Å². The number of rotatable bonds is 6. The monoisotopic (exact) mass is 445 g/mol. The normalized spacial score (nSPS) is 22.6. The molecule has 2 aliphatic rings. The van der Waals surface area contributed by atoms with Gasteiger partial charge < -0.3 is 10.2 Å². The van der Waals surface area contributed by atoms with Crippen molar-refractivity contribution in [1.82, 2.24) is 10.2 Å². The van der Waals surface area contributed by atoms with Gasteiger partial charge in [-0.3, -0.25) is 14.5 Å². The summed E-state index contributed by atoms with van der Waals surface area (Å²) in [6.07, 6.45) is 3.56. The van der Waals surface area contributed by atoms with E-state index in [-0.39, 0.29) is 17.7 Å². The summed E-state index contributed by atoms with van der Waals surface area (Å²) in [5, 5.41) is 2.79. The number of hydrogen-bond donors (Lipinski definition) is 1. The number of likely N-dealkylation sites (N-methyl/N-ethyl adjacent to an activating group) is 1. The Bertz CT molecular complexity index is 1150. The van der Waals surface area contributed by atoms with Gasteiger partial charge in [-0.05, 0) is 36.1 Å². The molecule has 0 saturated carbocycles. The highest BCUT2D eigenvalue weighted by molar-refractivity contribution is 6.10. The van der Waals surface area contributed by atoms with Crippen LogP contribution in [0.3, 0.4) is 0 Å². The number of imide groups is 1. The van der Waals surface area contributed by atoms with E-state index >= 15 is 0 Å². The SMILES string of the molecule is CCCc1ccc(C2(C)NC(=O)N(CC(=O)/C=C3/N(C)c4ccccc4C3(C)C)C2=O)cc1. The number of hydrogen-bond acceptors (Lipinski definition) is 4. The van der Waals surface area contributed by atoms with E-state index in [0.29, 0.717) is 5.56 Å². The maximum absolute atomic E-state index is 13.3. The third-order valence-electron chi connectivity index (χ3n) is 6.90. The molecule has 1 N–H and O–H groups in total. The summed E-state index contributed by atoms with van der Waals surface area (Å²) >= 11 is 0. The van der Waals surface area contributed by atoms with Crippen LogP contribution in [-0.2, 0) is 27.0 Å². The Labute approximate surface area is 195 Å². The van der Waals surface area contributed by atoms with Crippen molar-refractivity contribution in [3.63, 3.8) is 0 Å². The Hall–Kier alpha value is -3.41. The average Bonchev–Trinajstić information content (AvgIpc) is 3.12. The molecule has 1 fully saturated rings. The van der Waals surface area contributed by atoms with Crippen molar-refractivity contribution in [2.75, 3.05) is 18.5 Å². The summed E-state index contributed by atoms with van der Waals surface area (Å²) < 4.78 is 0. The largest absolute Gasteiger partial charge is 0.347 e. The number of amides is 3. The number of allylic oxidation sites excluding steroid dienone is 1. The molecule has 1 unspecified atom stereocenters. The minimum atomic E-state index is -1.19. The molecule has 172 valence electrons. The molecule has 0 spiro atoms. The summed E-state index contributed by atoms with van der Waals surface area (Å²) in [6, 6.07) is 15.2. The second-order valence-corrected chi connectivity index (χ2v) is 9.59. The van der Waals surface area contributed by atoms with Crippen LogP contribution in [0.2, 0.25) is 0 Å². The zero-order chi connectivity index (χ0) is 24.0. The van der Waals surface area contributed by atoms with Crippen LogP contribution in [0.5, 0.6) is 0 Å². The predicted molar refractivity (Wildman–Crippen MR) is 129 cm³/mol. The van der Waals surface area contributed by atoms with Gasteiger partial charge in [0.2, 0.25) is 0 Å². The van der Waals surface area contributed by atoms with Crippen molar-refractivity contribution < 1.29 is 14.4 Å². The second-order valence-electron chi connectivity index (χ2n) is 9.59. The number of aryl methyl sites for hydroxylation is 1. The zero-order valence-corrected chi connectivity index (χ0v) is 19.9. The summed E-state index contributed by atoms with van der Waals surface area (Å²) in [5.74, 6) is -0.700. The van der Waals surface area contributed by atoms with E-state index in [9.17, 15) is 14.4 Å². The molecular formula is C27H31N3O3. The van der Waals surface area contributed by atoms with Crippen LogP contribution in [0.25, 0.3) is 0 Å². The van der Waals surface area contributed by atoms with Gasteiger partial charge in [-0.1, -0.05) is 69.7 Å². The van der Waals surface area contributed by atoms with Gasteiger partial charge in [0.15, 0.2) is 5.78 Å². The number of urea groups is 1. The third-order valence-corrected chi connectivity index (χ3v) is 6.90. The summed E-state index contributed by atoms with van der Waals surface area (Å²) in [6.45, 7) is 7.65. The van der Waals surface area contributed by atoms with Crippen LogP contribution in [-0.4, -0.2) is 36.2 Å². The standard InChI is InChI=1S/C27H31N3O3/c1-6-9-18-12-14-19(15-13-18)27(4)24(32)30(25(33)28-27)17-20(31)16-23-26(2,3)21-10-7-8-11-22(21)29(23)5/h7-8,10-16H,6,9,17H2,1-5H3,(H,28,33)/b23-16+. The predicted octanol–water partition coefficient (Wildman–Crippen LogP) is 4.29. The van der Waals surface area contributed by atoms with Gasteiger partial charge in [-0.15, -0.1) is 0 Å². The van der Waals surface area contributed by atoms with Gasteiger partial charge in [0.05, 0.1) is 6.54 Å². The molecule has 0 aromatic heterocycles. The zero-order valence-electron chi connectivity index (χ0n) is 19.9. The Morgan fingerprint density at radius 2 is 1.70 bits per heavy atom. The van der Waals surface area contributed by atoms with Crippen molar-refractivity contribution >= 4 is 23.4 Å². The van der Waals surface area contributed by atoms with Gasteiger partial charge in [-0.2, -0.15) is 0 Å². The van der Waals surface area contributed by atoms with Gasteiger partial charge in [0.25, 0.3) is 5.91 Å². The number of carbonyl (C=O) groups excluding carboxylic acids is 3. The topological polar surface area (TPSA) is 69.7 Å². The fraction of sp³-hybridized carbons (Fsp3) is 0.370. The fourth-order valence-electron chi connectivity index (χ4n) is 4.94. The first kappa shape index (κ1) is 22.8. The molecule has 1 saturated heterocycles. The molecule has 4 rings (SSSR count). The maximum Gasteiger partial charge on any atom is 0.325 e. The molecule has 2 aromatic rings. The van der Waals surface area contributed by atoms with E-state index in [0.717, 1.165) is 34.7 Å². The molecular weight excluding hydrogens is 414 g/mol. The Morgan fingerprint density at radius 3 is 2.33 bits per heavy atom. The lowest BCUT2D eigenvalue weighted by atomic mass is 9.83. The molecule has 0 bridgehead atoms. The van der Waals surface area contributed by atoms with E-state index < -0.39 is 17.5 Å². The number of anilines is 1. The lowest BCUT2D eigenvalue weighted by Crippen LogP contribution is -2.41. The molecule has 6 heteroatoms. The first-order valence-corrected chi connectivity index (χ1v) is 11.4. The summed E-state index contributed by atoms with van der Waals surface area (Å²) in [7, 11) is 1.93. The smallest absolute Gasteiger partial charge is 0.325 e. The van der Waals surface area contributed by atoms with Crippen LogP contribution in [0.1, 0.15) is 50.8 Å². The third kappa shape index (κ3) is 3.73. The maximum atomic E-state index is 13.3. The molecule has 6 nitrogen and oxygen atoms in total. The summed E-state index contributed by atoms with van der Waals surface area (Å²) in [4.78, 5) is 42.0. The molecule has 3 amide bonds. The van der Waals surface area contributed by atoms with Gasteiger partial charge in [0, 0.05) is 29.9 Å². The highest BCUT2D eigenvalue weighted by atomic mass is 16.2. The van der Waals surface area contributed by atoms with Crippen molar-refractivity contribution in [2.45, 2.75) is 51.5 Å². The molecule has 1 atom stereocenters. The molecule has 0 radical (unpaired) electrons. The number of fused-ring (bicyclic) bond motifs is 1. The molecule has 2 aliphatic heterocycles. The molecule has 2 aromatic carbocycles. The number of nitrogens with zero attached hydrogens (tertiary/aromatic N) is 2. The molecule has 2 heterocycles. The van der Waals surface area contributed by atoms with Crippen molar-refractivity contribution in [3.8, 4) is 0 Å². The van der Waals surface area contributed by atoms with E-state index in [1.807, 2.05) is 54.4 Å². The Kier molecular flexibility index (Phi) is 5.64. The first-order chi connectivity index (χ1) is 15.6. The Morgan fingerprint density at radius 1 is 1.03 bits per heavy atom. The van der Waals surface area contributed by atoms with Crippen LogP contribution < -0.4 is 10.2 Å². The van der Waals surface area contributed by atoms with Crippen molar-refractivity contribution in [3.05, 3.63) is 77.0 Å². The number of carbonyl (C=O) groups is 3. The van der Waals surface area contributed by atoms with E-state index in [4.69, 9.17) is 0 Å². The van der Waals surface area contributed by atoms with Crippen LogP contribution in [0, 0.1) is 0 Å². The van der Waals surface area contributed by atoms with Gasteiger partial charge in [0.1, 0.15) is 5.54 Å². The van der Waals surface area contributed by atoms with Gasteiger partial charge >= 0.3 is 6.03 Å². The van der Waals surface area contributed by atoms with E-state index in [1.165, 1.54) is 5.56 Å². The second kappa shape index (κ2) is 8.18.